The van der Waals surface area contributed by atoms with Crippen LogP contribution in [0.5, 0.6) is 0 Å². The van der Waals surface area contributed by atoms with Crippen LogP contribution in [-0.4, -0.2) is 9.97 Å². The van der Waals surface area contributed by atoms with Crippen molar-refractivity contribution in [2.24, 2.45) is 0 Å². The quantitative estimate of drug-likeness (QED) is 0.129. The van der Waals surface area contributed by atoms with Crippen LogP contribution in [0.1, 0.15) is 0 Å². The Morgan fingerprint density at radius 2 is 0.722 bits per heavy atom. The fraction of sp³-hybridized carbons (Fsp3) is 0. The van der Waals surface area contributed by atoms with E-state index in [1.165, 1.54) is 32.7 Å². The second-order valence-electron chi connectivity index (χ2n) is 13.7. The summed E-state index contributed by atoms with van der Waals surface area (Å²) in [5, 5.41) is 7.18. The lowest BCUT2D eigenvalue weighted by atomic mass is 9.85. The van der Waals surface area contributed by atoms with Gasteiger partial charge in [0.15, 0.2) is 5.82 Å². The van der Waals surface area contributed by atoms with E-state index in [9.17, 15) is 0 Å². The van der Waals surface area contributed by atoms with E-state index in [1.54, 1.807) is 0 Å². The van der Waals surface area contributed by atoms with E-state index in [-0.39, 0.29) is 0 Å². The van der Waals surface area contributed by atoms with Gasteiger partial charge in [0.2, 0.25) is 0 Å². The third-order valence-electron chi connectivity index (χ3n) is 10.4. The number of fused-ring (bicyclic) bond motifs is 4. The first-order valence-electron chi connectivity index (χ1n) is 18.4. The topological polar surface area (TPSA) is 25.8 Å². The second kappa shape index (κ2) is 13.4. The molecule has 0 amide bonds. The van der Waals surface area contributed by atoms with Crippen molar-refractivity contribution in [1.29, 1.82) is 0 Å². The zero-order valence-corrected chi connectivity index (χ0v) is 29.5. The highest BCUT2D eigenvalue weighted by Gasteiger charge is 2.21. The predicted octanol–water partition coefficient (Wildman–Crippen LogP) is 13.9. The zero-order chi connectivity index (χ0) is 35.8. The summed E-state index contributed by atoms with van der Waals surface area (Å²) in [5.41, 5.74) is 11.9. The van der Waals surface area contributed by atoms with Crippen molar-refractivity contribution in [2.45, 2.75) is 0 Å². The van der Waals surface area contributed by atoms with Crippen molar-refractivity contribution in [1.82, 2.24) is 9.97 Å². The summed E-state index contributed by atoms with van der Waals surface area (Å²) in [6.07, 6.45) is 0. The van der Waals surface area contributed by atoms with Crippen LogP contribution in [0.4, 0.5) is 0 Å². The summed E-state index contributed by atoms with van der Waals surface area (Å²) in [7, 11) is 0. The smallest absolute Gasteiger partial charge is 0.160 e. The molecule has 2 nitrogen and oxygen atoms in total. The number of hydrogen-bond acceptors (Lipinski definition) is 2. The minimum atomic E-state index is 0.694. The fourth-order valence-corrected chi connectivity index (χ4v) is 7.94. The van der Waals surface area contributed by atoms with E-state index in [2.05, 4.69) is 200 Å². The Morgan fingerprint density at radius 3 is 1.33 bits per heavy atom. The normalized spacial score (nSPS) is 11.3. The number of hydrogen-bond donors (Lipinski definition) is 0. The van der Waals surface area contributed by atoms with E-state index >= 15 is 0 Å². The van der Waals surface area contributed by atoms with Crippen LogP contribution in [0.3, 0.4) is 0 Å². The number of nitrogens with zero attached hydrogens (tertiary/aromatic N) is 2. The van der Waals surface area contributed by atoms with Gasteiger partial charge in [0.25, 0.3) is 0 Å². The molecular weight excluding hydrogens is 653 g/mol. The van der Waals surface area contributed by atoms with Crippen molar-refractivity contribution in [2.75, 3.05) is 0 Å². The Balaban J connectivity index is 1.31. The number of rotatable bonds is 6. The largest absolute Gasteiger partial charge is 0.228 e. The van der Waals surface area contributed by atoms with Crippen molar-refractivity contribution in [3.63, 3.8) is 0 Å². The Kier molecular flexibility index (Phi) is 7.85. The number of benzene rings is 9. The molecule has 1 heterocycles. The van der Waals surface area contributed by atoms with Crippen molar-refractivity contribution >= 4 is 32.3 Å². The lowest BCUT2D eigenvalue weighted by Crippen LogP contribution is -1.98. The molecule has 0 bridgehead atoms. The van der Waals surface area contributed by atoms with Gasteiger partial charge in [-0.1, -0.05) is 182 Å². The Labute approximate surface area is 314 Å². The molecule has 252 valence electrons. The van der Waals surface area contributed by atoms with Gasteiger partial charge in [-0.15, -0.1) is 0 Å². The minimum absolute atomic E-state index is 0.694. The molecule has 0 fully saturated rings. The maximum atomic E-state index is 5.43. The standard InChI is InChI=1S/C52H34N2/c1-5-17-35(18-6-1)40-31-41(36-19-7-2-8-20-36)33-42(32-40)47-34-48(54-52(53-47)39-24-11-4-12-25-39)50-45-28-16-15-27-44(45)49(38-22-9-3-10-23-38)51-43-26-14-13-21-37(43)29-30-46(50)51/h1-34H. The van der Waals surface area contributed by atoms with Gasteiger partial charge >= 0.3 is 0 Å². The molecular formula is C52H34N2. The van der Waals surface area contributed by atoms with Crippen LogP contribution < -0.4 is 0 Å². The van der Waals surface area contributed by atoms with Crippen LogP contribution in [-0.2, 0) is 0 Å². The first-order chi connectivity index (χ1) is 26.8. The van der Waals surface area contributed by atoms with E-state index in [0.717, 1.165) is 61.1 Å². The summed E-state index contributed by atoms with van der Waals surface area (Å²) in [6.45, 7) is 0. The Hall–Kier alpha value is -7.16. The molecule has 0 aliphatic heterocycles. The fourth-order valence-electron chi connectivity index (χ4n) is 7.94. The highest BCUT2D eigenvalue weighted by atomic mass is 14.9. The van der Waals surface area contributed by atoms with Gasteiger partial charge in [0, 0.05) is 16.7 Å². The van der Waals surface area contributed by atoms with Gasteiger partial charge in [-0.05, 0) is 90.0 Å². The van der Waals surface area contributed by atoms with E-state index in [4.69, 9.17) is 9.97 Å². The lowest BCUT2D eigenvalue weighted by Gasteiger charge is -2.20. The van der Waals surface area contributed by atoms with Crippen LogP contribution in [0.2, 0.25) is 0 Å². The van der Waals surface area contributed by atoms with Crippen molar-refractivity contribution in [3.8, 4) is 67.3 Å². The van der Waals surface area contributed by atoms with Crippen LogP contribution >= 0.6 is 0 Å². The van der Waals surface area contributed by atoms with Crippen molar-refractivity contribution in [3.05, 3.63) is 206 Å². The molecule has 0 aliphatic rings. The SMILES string of the molecule is c1ccc(-c2cc(-c3ccccc3)cc(-c3cc(-c4c5ccccc5c(-c5ccccc5)c5c4ccc4ccccc45)nc(-c4ccccc4)n3)c2)cc1. The molecule has 0 aliphatic carbocycles. The summed E-state index contributed by atoms with van der Waals surface area (Å²) in [5.74, 6) is 0.694. The Bertz CT molecular complexity index is 2900. The predicted molar refractivity (Wildman–Crippen MR) is 227 cm³/mol. The Morgan fingerprint density at radius 1 is 0.259 bits per heavy atom. The summed E-state index contributed by atoms with van der Waals surface area (Å²) < 4.78 is 0. The first-order valence-corrected chi connectivity index (χ1v) is 18.4. The van der Waals surface area contributed by atoms with Gasteiger partial charge in [-0.2, -0.15) is 0 Å². The molecule has 0 unspecified atom stereocenters. The molecule has 10 rings (SSSR count). The van der Waals surface area contributed by atoms with E-state index in [0.29, 0.717) is 5.82 Å². The third-order valence-corrected chi connectivity index (χ3v) is 10.4. The average molecular weight is 687 g/mol. The maximum Gasteiger partial charge on any atom is 0.160 e. The van der Waals surface area contributed by atoms with Crippen molar-refractivity contribution < 1.29 is 0 Å². The van der Waals surface area contributed by atoms with Gasteiger partial charge < -0.3 is 0 Å². The minimum Gasteiger partial charge on any atom is -0.228 e. The molecule has 54 heavy (non-hydrogen) atoms. The first kappa shape index (κ1) is 31.6. The molecule has 10 aromatic rings. The zero-order valence-electron chi connectivity index (χ0n) is 29.5. The summed E-state index contributed by atoms with van der Waals surface area (Å²) in [6, 6.07) is 73.4. The van der Waals surface area contributed by atoms with Gasteiger partial charge in [-0.25, -0.2) is 9.97 Å². The molecule has 0 saturated heterocycles. The van der Waals surface area contributed by atoms with Crippen LogP contribution in [0.25, 0.3) is 99.6 Å². The molecule has 0 saturated carbocycles. The highest BCUT2D eigenvalue weighted by molar-refractivity contribution is 6.27. The monoisotopic (exact) mass is 686 g/mol. The van der Waals surface area contributed by atoms with Crippen LogP contribution in [0.15, 0.2) is 206 Å². The van der Waals surface area contributed by atoms with Gasteiger partial charge in [0.05, 0.1) is 11.4 Å². The van der Waals surface area contributed by atoms with Gasteiger partial charge in [0.1, 0.15) is 0 Å². The molecule has 0 spiro atoms. The summed E-state index contributed by atoms with van der Waals surface area (Å²) >= 11 is 0. The molecule has 0 radical (unpaired) electrons. The van der Waals surface area contributed by atoms with Crippen LogP contribution in [0, 0.1) is 0 Å². The summed E-state index contributed by atoms with van der Waals surface area (Å²) in [4.78, 5) is 10.8. The molecule has 9 aromatic carbocycles. The molecule has 1 aromatic heterocycles. The molecule has 2 heteroatoms. The third kappa shape index (κ3) is 5.62. The highest BCUT2D eigenvalue weighted by Crippen LogP contribution is 2.46. The van der Waals surface area contributed by atoms with Gasteiger partial charge in [-0.3, -0.25) is 0 Å². The molecule has 0 N–H and O–H groups in total. The lowest BCUT2D eigenvalue weighted by molar-refractivity contribution is 1.19. The number of aromatic nitrogens is 2. The second-order valence-corrected chi connectivity index (χ2v) is 13.7. The van der Waals surface area contributed by atoms with E-state index < -0.39 is 0 Å². The maximum absolute atomic E-state index is 5.43. The molecule has 0 atom stereocenters. The average Bonchev–Trinajstić information content (AvgIpc) is 3.26. The van der Waals surface area contributed by atoms with E-state index in [1.807, 2.05) is 6.07 Å².